The summed E-state index contributed by atoms with van der Waals surface area (Å²) in [4.78, 5) is 20.6. The highest BCUT2D eigenvalue weighted by Crippen LogP contribution is 2.21. The molecule has 2 aliphatic rings. The van der Waals surface area contributed by atoms with Gasteiger partial charge in [-0.25, -0.2) is 4.39 Å². The van der Waals surface area contributed by atoms with Crippen LogP contribution < -0.4 is 5.43 Å². The molecule has 0 radical (unpaired) electrons. The number of halogens is 1. The van der Waals surface area contributed by atoms with Gasteiger partial charge in [0.2, 0.25) is 0 Å². The fourth-order valence-corrected chi connectivity index (χ4v) is 4.92. The predicted octanol–water partition coefficient (Wildman–Crippen LogP) is 2.68. The van der Waals surface area contributed by atoms with Crippen molar-refractivity contribution < 1.29 is 4.39 Å². The molecule has 0 atom stereocenters. The molecule has 4 nitrogen and oxygen atoms in total. The number of likely N-dealkylation sites (tertiary alicyclic amines) is 1. The van der Waals surface area contributed by atoms with E-state index in [-0.39, 0.29) is 11.2 Å². The van der Waals surface area contributed by atoms with Crippen LogP contribution in [-0.4, -0.2) is 58.5 Å². The van der Waals surface area contributed by atoms with Crippen molar-refractivity contribution in [3.8, 4) is 0 Å². The molecule has 2 fully saturated rings. The van der Waals surface area contributed by atoms with E-state index in [1.807, 2.05) is 0 Å². The maximum absolute atomic E-state index is 13.3. The Bertz CT molecular complexity index is 795. The molecule has 0 spiro atoms. The molecule has 3 heterocycles. The monoisotopic (exact) mass is 361 g/mol. The van der Waals surface area contributed by atoms with E-state index in [0.29, 0.717) is 10.9 Å². The van der Waals surface area contributed by atoms with E-state index < -0.39 is 0 Å². The molecular formula is C19H24FN3OS. The lowest BCUT2D eigenvalue weighted by atomic mass is 10.0. The number of nitrogens with zero attached hydrogens (tertiary/aromatic N) is 2. The number of thioether (sulfide) groups is 1. The quantitative estimate of drug-likeness (QED) is 0.912. The summed E-state index contributed by atoms with van der Waals surface area (Å²) in [6.07, 6.45) is 2.40. The smallest absolute Gasteiger partial charge is 0.189 e. The molecule has 134 valence electrons. The van der Waals surface area contributed by atoms with Crippen molar-refractivity contribution in [3.63, 3.8) is 0 Å². The van der Waals surface area contributed by atoms with Crippen LogP contribution in [0, 0.1) is 5.82 Å². The van der Waals surface area contributed by atoms with Gasteiger partial charge in [0, 0.05) is 72.9 Å². The van der Waals surface area contributed by atoms with Gasteiger partial charge in [-0.1, -0.05) is 0 Å². The number of nitrogens with one attached hydrogen (secondary N) is 1. The van der Waals surface area contributed by atoms with E-state index in [9.17, 15) is 9.18 Å². The summed E-state index contributed by atoms with van der Waals surface area (Å²) in [5, 5.41) is 0.422. The SMILES string of the molecule is O=c1cc(CN2CCC(N3CCSCC3)CC2)[nH]c2ccc(F)cc12. The Morgan fingerprint density at radius 2 is 1.88 bits per heavy atom. The van der Waals surface area contributed by atoms with Gasteiger partial charge in [0.15, 0.2) is 5.43 Å². The lowest BCUT2D eigenvalue weighted by molar-refractivity contribution is 0.112. The molecule has 0 saturated carbocycles. The molecule has 2 aromatic rings. The maximum atomic E-state index is 13.3. The Labute approximate surface area is 151 Å². The molecular weight excluding hydrogens is 337 g/mol. The number of hydrogen-bond donors (Lipinski definition) is 1. The highest BCUT2D eigenvalue weighted by atomic mass is 32.2. The van der Waals surface area contributed by atoms with E-state index >= 15 is 0 Å². The first-order valence-electron chi connectivity index (χ1n) is 9.05. The highest BCUT2D eigenvalue weighted by molar-refractivity contribution is 7.99. The number of benzene rings is 1. The van der Waals surface area contributed by atoms with E-state index in [4.69, 9.17) is 0 Å². The normalized spacial score (nSPS) is 21.0. The molecule has 4 rings (SSSR count). The van der Waals surface area contributed by atoms with E-state index in [1.165, 1.54) is 49.6 Å². The van der Waals surface area contributed by atoms with Gasteiger partial charge in [-0.3, -0.25) is 14.6 Å². The van der Waals surface area contributed by atoms with Gasteiger partial charge >= 0.3 is 0 Å². The van der Waals surface area contributed by atoms with Crippen molar-refractivity contribution in [2.75, 3.05) is 37.7 Å². The third kappa shape index (κ3) is 3.91. The average molecular weight is 361 g/mol. The van der Waals surface area contributed by atoms with E-state index in [2.05, 4.69) is 26.5 Å². The van der Waals surface area contributed by atoms with Crippen molar-refractivity contribution in [2.45, 2.75) is 25.4 Å². The Hall–Kier alpha value is -1.37. The van der Waals surface area contributed by atoms with Crippen LogP contribution in [0.2, 0.25) is 0 Å². The van der Waals surface area contributed by atoms with Gasteiger partial charge in [-0.05, 0) is 31.0 Å². The fraction of sp³-hybridized carbons (Fsp3) is 0.526. The number of aromatic amines is 1. The predicted molar refractivity (Wildman–Crippen MR) is 102 cm³/mol. The minimum atomic E-state index is -0.371. The zero-order valence-electron chi connectivity index (χ0n) is 14.3. The standard InChI is InChI=1S/C19H24FN3OS/c20-14-1-2-18-17(11-14)19(24)12-15(21-18)13-22-5-3-16(4-6-22)23-7-9-25-10-8-23/h1-2,11-12,16H,3-10,13H2,(H,21,24). The average Bonchev–Trinajstić information content (AvgIpc) is 2.64. The minimum Gasteiger partial charge on any atom is -0.357 e. The van der Waals surface area contributed by atoms with Crippen molar-refractivity contribution in [1.82, 2.24) is 14.8 Å². The zero-order valence-corrected chi connectivity index (χ0v) is 15.2. The molecule has 25 heavy (non-hydrogen) atoms. The number of H-pyrrole nitrogens is 1. The first kappa shape index (κ1) is 17.1. The lowest BCUT2D eigenvalue weighted by Gasteiger charge is -2.40. The van der Waals surface area contributed by atoms with Crippen molar-refractivity contribution in [1.29, 1.82) is 0 Å². The minimum absolute atomic E-state index is 0.107. The zero-order chi connectivity index (χ0) is 17.2. The maximum Gasteiger partial charge on any atom is 0.189 e. The largest absolute Gasteiger partial charge is 0.357 e. The van der Waals surface area contributed by atoms with Crippen molar-refractivity contribution in [3.05, 3.63) is 46.0 Å². The van der Waals surface area contributed by atoms with Crippen LogP contribution in [0.1, 0.15) is 18.5 Å². The highest BCUT2D eigenvalue weighted by Gasteiger charge is 2.25. The summed E-state index contributed by atoms with van der Waals surface area (Å²) in [5.74, 6) is 2.15. The van der Waals surface area contributed by atoms with Crippen LogP contribution in [-0.2, 0) is 6.54 Å². The van der Waals surface area contributed by atoms with Gasteiger partial charge in [0.25, 0.3) is 0 Å². The molecule has 1 N–H and O–H groups in total. The molecule has 1 aromatic heterocycles. The second-order valence-corrected chi connectivity index (χ2v) is 8.23. The molecule has 2 saturated heterocycles. The number of aromatic nitrogens is 1. The van der Waals surface area contributed by atoms with Gasteiger partial charge in [0.05, 0.1) is 0 Å². The summed E-state index contributed by atoms with van der Waals surface area (Å²) < 4.78 is 13.3. The molecule has 0 aliphatic carbocycles. The molecule has 0 unspecified atom stereocenters. The van der Waals surface area contributed by atoms with Gasteiger partial charge < -0.3 is 4.98 Å². The topological polar surface area (TPSA) is 39.3 Å². The number of rotatable bonds is 3. The summed E-state index contributed by atoms with van der Waals surface area (Å²) in [5.41, 5.74) is 1.52. The van der Waals surface area contributed by atoms with E-state index in [1.54, 1.807) is 12.1 Å². The van der Waals surface area contributed by atoms with Gasteiger partial charge in [0.1, 0.15) is 5.82 Å². The Kier molecular flexibility index (Phi) is 5.10. The number of fused-ring (bicyclic) bond motifs is 1. The first-order valence-corrected chi connectivity index (χ1v) is 10.2. The van der Waals surface area contributed by atoms with E-state index in [0.717, 1.165) is 31.4 Å². The summed E-state index contributed by atoms with van der Waals surface area (Å²) in [6.45, 7) is 5.34. The third-order valence-corrected chi connectivity index (χ3v) is 6.30. The molecule has 0 amide bonds. The van der Waals surface area contributed by atoms with Gasteiger partial charge in [-0.15, -0.1) is 0 Å². The third-order valence-electron chi connectivity index (χ3n) is 5.36. The van der Waals surface area contributed by atoms with Crippen molar-refractivity contribution >= 4 is 22.7 Å². The second-order valence-electron chi connectivity index (χ2n) is 7.00. The van der Waals surface area contributed by atoms with Crippen LogP contribution in [0.5, 0.6) is 0 Å². The number of pyridine rings is 1. The van der Waals surface area contributed by atoms with Crippen molar-refractivity contribution in [2.24, 2.45) is 0 Å². The Morgan fingerprint density at radius 3 is 2.64 bits per heavy atom. The Morgan fingerprint density at radius 1 is 1.12 bits per heavy atom. The number of hydrogen-bond acceptors (Lipinski definition) is 4. The fourth-order valence-electron chi connectivity index (χ4n) is 3.99. The van der Waals surface area contributed by atoms with Gasteiger partial charge in [-0.2, -0.15) is 11.8 Å². The lowest BCUT2D eigenvalue weighted by Crippen LogP contribution is -2.47. The van der Waals surface area contributed by atoms with Crippen LogP contribution >= 0.6 is 11.8 Å². The van der Waals surface area contributed by atoms with Crippen LogP contribution in [0.3, 0.4) is 0 Å². The summed E-state index contributed by atoms with van der Waals surface area (Å²) in [6, 6.07) is 6.69. The molecule has 0 bridgehead atoms. The second kappa shape index (κ2) is 7.48. The summed E-state index contributed by atoms with van der Waals surface area (Å²) in [7, 11) is 0. The molecule has 6 heteroatoms. The van der Waals surface area contributed by atoms with Crippen LogP contribution in [0.15, 0.2) is 29.1 Å². The molecule has 1 aromatic carbocycles. The molecule has 2 aliphatic heterocycles. The Balaban J connectivity index is 1.40. The van der Waals surface area contributed by atoms with Crippen LogP contribution in [0.25, 0.3) is 10.9 Å². The van der Waals surface area contributed by atoms with Crippen LogP contribution in [0.4, 0.5) is 4.39 Å². The first-order chi connectivity index (χ1) is 12.2. The summed E-state index contributed by atoms with van der Waals surface area (Å²) >= 11 is 2.06. The number of piperidine rings is 1.